The summed E-state index contributed by atoms with van der Waals surface area (Å²) >= 11 is 1.32. The average molecular weight is 325 g/mol. The van der Waals surface area contributed by atoms with Gasteiger partial charge < -0.3 is 5.11 Å². The number of aromatic hydroxyl groups is 1. The van der Waals surface area contributed by atoms with Gasteiger partial charge >= 0.3 is 0 Å². The van der Waals surface area contributed by atoms with E-state index in [1.54, 1.807) is 41.8 Å². The van der Waals surface area contributed by atoms with Crippen LogP contribution in [0.3, 0.4) is 0 Å². The van der Waals surface area contributed by atoms with Crippen LogP contribution in [-0.2, 0) is 0 Å². The van der Waals surface area contributed by atoms with Crippen LogP contribution >= 0.6 is 11.3 Å². The Hall–Kier alpha value is -3.06. The standard InChI is InChI=1S/C16H11N3O3S/c20-15-7-2-1-4-12(15)9-17-16-18-14(10-23-16)11-5-3-6-13(8-11)19(21)22/h1-10,20H/b17-9+. The second kappa shape index (κ2) is 6.37. The largest absolute Gasteiger partial charge is 0.507 e. The van der Waals surface area contributed by atoms with E-state index >= 15 is 0 Å². The normalized spacial score (nSPS) is 11.0. The Labute approximate surface area is 135 Å². The number of rotatable bonds is 4. The van der Waals surface area contributed by atoms with Crippen LogP contribution in [0.2, 0.25) is 0 Å². The number of para-hydroxylation sites is 1. The zero-order valence-corrected chi connectivity index (χ0v) is 12.6. The highest BCUT2D eigenvalue weighted by Crippen LogP contribution is 2.29. The Bertz CT molecular complexity index is 890. The fraction of sp³-hybridized carbons (Fsp3) is 0. The maximum absolute atomic E-state index is 10.8. The van der Waals surface area contributed by atoms with E-state index in [1.807, 2.05) is 0 Å². The van der Waals surface area contributed by atoms with E-state index in [0.29, 0.717) is 22.0 Å². The van der Waals surface area contributed by atoms with E-state index in [-0.39, 0.29) is 11.4 Å². The molecule has 23 heavy (non-hydrogen) atoms. The molecule has 1 N–H and O–H groups in total. The van der Waals surface area contributed by atoms with Gasteiger partial charge in [0, 0.05) is 34.9 Å². The summed E-state index contributed by atoms with van der Waals surface area (Å²) in [5.74, 6) is 0.145. The monoisotopic (exact) mass is 325 g/mol. The molecule has 0 fully saturated rings. The molecule has 0 aliphatic carbocycles. The first-order valence-corrected chi connectivity index (χ1v) is 7.54. The first-order chi connectivity index (χ1) is 11.1. The molecule has 6 nitrogen and oxygen atoms in total. The molecule has 0 aliphatic rings. The van der Waals surface area contributed by atoms with Crippen molar-refractivity contribution >= 4 is 28.4 Å². The van der Waals surface area contributed by atoms with Gasteiger partial charge in [0.25, 0.3) is 5.69 Å². The van der Waals surface area contributed by atoms with Crippen molar-refractivity contribution < 1.29 is 10.0 Å². The molecule has 7 heteroatoms. The number of phenols is 1. The zero-order valence-electron chi connectivity index (χ0n) is 11.8. The fourth-order valence-corrected chi connectivity index (χ4v) is 2.63. The van der Waals surface area contributed by atoms with Gasteiger partial charge in [-0.15, -0.1) is 11.3 Å². The van der Waals surface area contributed by atoms with Crippen molar-refractivity contribution in [3.63, 3.8) is 0 Å². The van der Waals surface area contributed by atoms with Gasteiger partial charge in [-0.05, 0) is 12.1 Å². The van der Waals surface area contributed by atoms with E-state index in [9.17, 15) is 15.2 Å². The van der Waals surface area contributed by atoms with Gasteiger partial charge in [-0.25, -0.2) is 9.98 Å². The molecule has 1 heterocycles. The van der Waals surface area contributed by atoms with Gasteiger partial charge in [-0.2, -0.15) is 0 Å². The van der Waals surface area contributed by atoms with E-state index < -0.39 is 4.92 Å². The van der Waals surface area contributed by atoms with Crippen LogP contribution in [-0.4, -0.2) is 21.2 Å². The first-order valence-electron chi connectivity index (χ1n) is 6.66. The van der Waals surface area contributed by atoms with E-state index in [4.69, 9.17) is 0 Å². The molecule has 0 radical (unpaired) electrons. The lowest BCUT2D eigenvalue weighted by Crippen LogP contribution is -1.88. The molecule has 3 rings (SSSR count). The van der Waals surface area contributed by atoms with Crippen molar-refractivity contribution in [1.82, 2.24) is 4.98 Å². The number of hydrogen-bond acceptors (Lipinski definition) is 6. The maximum Gasteiger partial charge on any atom is 0.270 e. The number of nitrogens with zero attached hydrogens (tertiary/aromatic N) is 3. The number of thiazole rings is 1. The molecule has 0 saturated heterocycles. The minimum atomic E-state index is -0.437. The molecule has 0 bridgehead atoms. The summed E-state index contributed by atoms with van der Waals surface area (Å²) < 4.78 is 0. The van der Waals surface area contributed by atoms with E-state index in [2.05, 4.69) is 9.98 Å². The summed E-state index contributed by atoms with van der Waals surface area (Å²) in [5, 5.41) is 22.8. The van der Waals surface area contributed by atoms with Gasteiger partial charge in [0.1, 0.15) is 5.75 Å². The molecule has 114 valence electrons. The smallest absolute Gasteiger partial charge is 0.270 e. The third kappa shape index (κ3) is 3.41. The van der Waals surface area contributed by atoms with Crippen LogP contribution < -0.4 is 0 Å². The zero-order chi connectivity index (χ0) is 16.2. The topological polar surface area (TPSA) is 88.6 Å². The first kappa shape index (κ1) is 14.9. The molecule has 0 saturated carbocycles. The van der Waals surface area contributed by atoms with E-state index in [1.165, 1.54) is 29.7 Å². The van der Waals surface area contributed by atoms with Crippen LogP contribution in [0, 0.1) is 10.1 Å². The molecular weight excluding hydrogens is 314 g/mol. The highest BCUT2D eigenvalue weighted by molar-refractivity contribution is 7.13. The molecule has 0 spiro atoms. The lowest BCUT2D eigenvalue weighted by Gasteiger charge is -1.96. The van der Waals surface area contributed by atoms with Crippen LogP contribution in [0.15, 0.2) is 58.9 Å². The Morgan fingerprint density at radius 2 is 2.04 bits per heavy atom. The SMILES string of the molecule is O=[N+]([O-])c1cccc(-c2csc(/N=C/c3ccccc3O)n2)c1. The summed E-state index contributed by atoms with van der Waals surface area (Å²) in [6.45, 7) is 0. The molecular formula is C16H11N3O3S. The number of benzene rings is 2. The fourth-order valence-electron chi connectivity index (χ4n) is 1.96. The molecule has 0 amide bonds. The van der Waals surface area contributed by atoms with Crippen LogP contribution in [0.5, 0.6) is 5.75 Å². The van der Waals surface area contributed by atoms with Crippen molar-refractivity contribution in [3.05, 3.63) is 69.6 Å². The number of hydrogen-bond donors (Lipinski definition) is 1. The Morgan fingerprint density at radius 1 is 1.22 bits per heavy atom. The minimum Gasteiger partial charge on any atom is -0.507 e. The van der Waals surface area contributed by atoms with Crippen molar-refractivity contribution in [2.24, 2.45) is 4.99 Å². The Balaban J connectivity index is 1.85. The third-order valence-corrected chi connectivity index (χ3v) is 3.84. The lowest BCUT2D eigenvalue weighted by atomic mass is 10.1. The highest BCUT2D eigenvalue weighted by Gasteiger charge is 2.09. The second-order valence-corrected chi connectivity index (χ2v) is 5.48. The lowest BCUT2D eigenvalue weighted by molar-refractivity contribution is -0.384. The van der Waals surface area contributed by atoms with Crippen molar-refractivity contribution in [2.45, 2.75) is 0 Å². The Morgan fingerprint density at radius 3 is 2.83 bits per heavy atom. The number of phenolic OH excluding ortho intramolecular Hbond substituents is 1. The number of aliphatic imine (C=N–C) groups is 1. The summed E-state index contributed by atoms with van der Waals surface area (Å²) in [5.41, 5.74) is 1.91. The van der Waals surface area contributed by atoms with Crippen molar-refractivity contribution in [2.75, 3.05) is 0 Å². The van der Waals surface area contributed by atoms with Gasteiger partial charge in [-0.1, -0.05) is 24.3 Å². The third-order valence-electron chi connectivity index (χ3n) is 3.10. The molecule has 3 aromatic rings. The minimum absolute atomic E-state index is 0.0229. The predicted molar refractivity (Wildman–Crippen MR) is 89.6 cm³/mol. The molecule has 0 aliphatic heterocycles. The van der Waals surface area contributed by atoms with Crippen molar-refractivity contribution in [1.29, 1.82) is 0 Å². The molecule has 1 aromatic heterocycles. The summed E-state index contributed by atoms with van der Waals surface area (Å²) in [7, 11) is 0. The van der Waals surface area contributed by atoms with Gasteiger partial charge in [0.05, 0.1) is 10.6 Å². The number of non-ortho nitro benzene ring substituents is 1. The van der Waals surface area contributed by atoms with Gasteiger partial charge in [0.2, 0.25) is 5.13 Å². The number of nitro groups is 1. The van der Waals surface area contributed by atoms with Crippen LogP contribution in [0.4, 0.5) is 10.8 Å². The number of nitro benzene ring substituents is 1. The van der Waals surface area contributed by atoms with E-state index in [0.717, 1.165) is 0 Å². The molecule has 0 unspecified atom stereocenters. The number of aromatic nitrogens is 1. The Kier molecular flexibility index (Phi) is 4.11. The van der Waals surface area contributed by atoms with Crippen molar-refractivity contribution in [3.8, 4) is 17.0 Å². The molecule has 2 aromatic carbocycles. The quantitative estimate of drug-likeness (QED) is 0.443. The van der Waals surface area contributed by atoms with Crippen LogP contribution in [0.25, 0.3) is 11.3 Å². The van der Waals surface area contributed by atoms with Crippen LogP contribution in [0.1, 0.15) is 5.56 Å². The predicted octanol–water partition coefficient (Wildman–Crippen LogP) is 4.17. The average Bonchev–Trinajstić information content (AvgIpc) is 3.03. The van der Waals surface area contributed by atoms with Gasteiger partial charge in [-0.3, -0.25) is 10.1 Å². The summed E-state index contributed by atoms with van der Waals surface area (Å²) in [6.07, 6.45) is 1.53. The highest BCUT2D eigenvalue weighted by atomic mass is 32.1. The molecule has 0 atom stereocenters. The summed E-state index contributed by atoms with van der Waals surface area (Å²) in [6, 6.07) is 13.2. The summed E-state index contributed by atoms with van der Waals surface area (Å²) in [4.78, 5) is 19.0. The van der Waals surface area contributed by atoms with Gasteiger partial charge in [0.15, 0.2) is 0 Å². The maximum atomic E-state index is 10.8. The second-order valence-electron chi connectivity index (χ2n) is 4.64.